The number of rotatable bonds is 6. The van der Waals surface area contributed by atoms with E-state index in [-0.39, 0.29) is 0 Å². The average molecular weight is 351 g/mol. The first-order chi connectivity index (χ1) is 9.97. The van der Waals surface area contributed by atoms with Crippen LogP contribution in [-0.2, 0) is 20.0 Å². The Balaban J connectivity index is 1.89. The van der Waals surface area contributed by atoms with Crippen LogP contribution in [0.3, 0.4) is 0 Å². The maximum absolute atomic E-state index is 4.43. The Labute approximate surface area is 135 Å². The summed E-state index contributed by atoms with van der Waals surface area (Å²) in [4.78, 5) is 6.45. The second-order valence-electron chi connectivity index (χ2n) is 5.62. The van der Waals surface area contributed by atoms with E-state index in [0.29, 0.717) is 6.04 Å². The lowest BCUT2D eigenvalue weighted by molar-refractivity contribution is 0.532. The molecule has 21 heavy (non-hydrogen) atoms. The van der Waals surface area contributed by atoms with E-state index in [9.17, 15) is 0 Å². The minimum Gasteiger partial charge on any atom is -0.348 e. The molecule has 114 valence electrons. The van der Waals surface area contributed by atoms with Gasteiger partial charge >= 0.3 is 0 Å². The Morgan fingerprint density at radius 3 is 2.52 bits per heavy atom. The zero-order valence-corrected chi connectivity index (χ0v) is 14.7. The van der Waals surface area contributed by atoms with Crippen LogP contribution in [-0.4, -0.2) is 29.7 Å². The molecule has 2 rings (SSSR count). The quantitative estimate of drug-likeness (QED) is 0.869. The van der Waals surface area contributed by atoms with E-state index >= 15 is 0 Å². The van der Waals surface area contributed by atoms with Crippen molar-refractivity contribution in [1.82, 2.24) is 14.9 Å². The second-order valence-corrected chi connectivity index (χ2v) is 6.53. The highest BCUT2D eigenvalue weighted by atomic mass is 79.9. The van der Waals surface area contributed by atoms with Gasteiger partial charge in [0.1, 0.15) is 0 Å². The summed E-state index contributed by atoms with van der Waals surface area (Å²) >= 11 is 3.47. The van der Waals surface area contributed by atoms with Crippen LogP contribution in [0.4, 0.5) is 5.95 Å². The van der Waals surface area contributed by atoms with Crippen LogP contribution < -0.4 is 10.2 Å². The molecule has 4 nitrogen and oxygen atoms in total. The minimum absolute atomic E-state index is 0.420. The van der Waals surface area contributed by atoms with E-state index in [0.717, 1.165) is 23.4 Å². The molecule has 5 heteroatoms. The maximum atomic E-state index is 4.43. The molecule has 0 aliphatic rings. The zero-order chi connectivity index (χ0) is 15.4. The highest BCUT2D eigenvalue weighted by Crippen LogP contribution is 2.13. The number of hydrogen-bond donors (Lipinski definition) is 1. The number of hydrogen-bond acceptors (Lipinski definition) is 3. The summed E-state index contributed by atoms with van der Waals surface area (Å²) in [5.41, 5.74) is 2.54. The zero-order valence-electron chi connectivity index (χ0n) is 13.1. The summed E-state index contributed by atoms with van der Waals surface area (Å²) < 4.78 is 3.25. The van der Waals surface area contributed by atoms with Crippen LogP contribution in [0.2, 0.25) is 0 Å². The summed E-state index contributed by atoms with van der Waals surface area (Å²) in [6.07, 6.45) is 2.96. The molecular weight excluding hydrogens is 328 g/mol. The molecule has 1 N–H and O–H groups in total. The van der Waals surface area contributed by atoms with Gasteiger partial charge in [0.05, 0.1) is 11.9 Å². The standard InChI is InChI=1S/C16H23BrN4/c1-12(9-13-5-7-14(17)8-6-13)18-10-15-11-19-16(20(2)3)21(15)4/h5-8,11-12,18H,9-10H2,1-4H3. The molecule has 0 fully saturated rings. The molecule has 0 amide bonds. The molecule has 1 unspecified atom stereocenters. The van der Waals surface area contributed by atoms with Gasteiger partial charge in [-0.2, -0.15) is 0 Å². The molecule has 1 aromatic carbocycles. The minimum atomic E-state index is 0.420. The van der Waals surface area contributed by atoms with Crippen molar-refractivity contribution in [2.75, 3.05) is 19.0 Å². The lowest BCUT2D eigenvalue weighted by Gasteiger charge is -2.16. The van der Waals surface area contributed by atoms with Crippen LogP contribution >= 0.6 is 15.9 Å². The SMILES string of the molecule is CC(Cc1ccc(Br)cc1)NCc1cnc(N(C)C)n1C. The third-order valence-electron chi connectivity index (χ3n) is 3.55. The van der Waals surface area contributed by atoms with E-state index in [1.807, 2.05) is 25.2 Å². The van der Waals surface area contributed by atoms with E-state index < -0.39 is 0 Å². The monoisotopic (exact) mass is 350 g/mol. The fourth-order valence-electron chi connectivity index (χ4n) is 2.34. The van der Waals surface area contributed by atoms with Gasteiger partial charge in [0, 0.05) is 38.2 Å². The molecule has 0 aliphatic heterocycles. The first-order valence-corrected chi connectivity index (χ1v) is 7.92. The molecule has 0 radical (unpaired) electrons. The lowest BCUT2D eigenvalue weighted by Crippen LogP contribution is -2.28. The van der Waals surface area contributed by atoms with Crippen molar-refractivity contribution < 1.29 is 0 Å². The lowest BCUT2D eigenvalue weighted by atomic mass is 10.1. The van der Waals surface area contributed by atoms with Gasteiger partial charge in [-0.25, -0.2) is 4.98 Å². The van der Waals surface area contributed by atoms with Crippen LogP contribution in [0.1, 0.15) is 18.2 Å². The Morgan fingerprint density at radius 1 is 1.29 bits per heavy atom. The number of halogens is 1. The molecule has 1 aromatic heterocycles. The number of benzene rings is 1. The average Bonchev–Trinajstić information content (AvgIpc) is 2.80. The molecule has 2 aromatic rings. The molecule has 0 aliphatic carbocycles. The van der Waals surface area contributed by atoms with Crippen molar-refractivity contribution in [2.45, 2.75) is 25.9 Å². The van der Waals surface area contributed by atoms with E-state index in [2.05, 4.69) is 69.0 Å². The highest BCUT2D eigenvalue weighted by molar-refractivity contribution is 9.10. The molecule has 0 saturated heterocycles. The Bertz CT molecular complexity index is 574. The summed E-state index contributed by atoms with van der Waals surface area (Å²) in [5, 5.41) is 3.56. The van der Waals surface area contributed by atoms with Gasteiger partial charge in [-0.05, 0) is 31.0 Å². The predicted octanol–water partition coefficient (Wildman–Crippen LogP) is 2.97. The van der Waals surface area contributed by atoms with Gasteiger partial charge in [-0.1, -0.05) is 28.1 Å². The van der Waals surface area contributed by atoms with Crippen LogP contribution in [0.15, 0.2) is 34.9 Å². The first kappa shape index (κ1) is 16.0. The van der Waals surface area contributed by atoms with Crippen molar-refractivity contribution >= 4 is 21.9 Å². The number of anilines is 1. The van der Waals surface area contributed by atoms with Crippen LogP contribution in [0.25, 0.3) is 0 Å². The van der Waals surface area contributed by atoms with E-state index in [1.54, 1.807) is 0 Å². The summed E-state index contributed by atoms with van der Waals surface area (Å²) in [5.74, 6) is 0.979. The molecule has 1 atom stereocenters. The summed E-state index contributed by atoms with van der Waals surface area (Å²) in [6.45, 7) is 3.04. The number of nitrogens with zero attached hydrogens (tertiary/aromatic N) is 3. The number of aromatic nitrogens is 2. The third-order valence-corrected chi connectivity index (χ3v) is 4.08. The molecule has 0 spiro atoms. The third kappa shape index (κ3) is 4.32. The highest BCUT2D eigenvalue weighted by Gasteiger charge is 2.09. The molecule has 1 heterocycles. The summed E-state index contributed by atoms with van der Waals surface area (Å²) in [7, 11) is 6.07. The van der Waals surface area contributed by atoms with E-state index in [4.69, 9.17) is 0 Å². The maximum Gasteiger partial charge on any atom is 0.204 e. The van der Waals surface area contributed by atoms with Crippen molar-refractivity contribution in [1.29, 1.82) is 0 Å². The van der Waals surface area contributed by atoms with E-state index in [1.165, 1.54) is 11.3 Å². The van der Waals surface area contributed by atoms with Crippen molar-refractivity contribution in [3.8, 4) is 0 Å². The van der Waals surface area contributed by atoms with Gasteiger partial charge in [0.25, 0.3) is 0 Å². The van der Waals surface area contributed by atoms with Gasteiger partial charge in [-0.15, -0.1) is 0 Å². The molecule has 0 bridgehead atoms. The normalized spacial score (nSPS) is 12.4. The predicted molar refractivity (Wildman–Crippen MR) is 91.7 cm³/mol. The molecular formula is C16H23BrN4. The van der Waals surface area contributed by atoms with Crippen molar-refractivity contribution in [3.63, 3.8) is 0 Å². The van der Waals surface area contributed by atoms with Crippen molar-refractivity contribution in [2.24, 2.45) is 7.05 Å². The Morgan fingerprint density at radius 2 is 1.95 bits per heavy atom. The second kappa shape index (κ2) is 7.09. The number of nitrogens with one attached hydrogen (secondary N) is 1. The van der Waals surface area contributed by atoms with Crippen LogP contribution in [0, 0.1) is 0 Å². The van der Waals surface area contributed by atoms with Gasteiger partial charge in [0.2, 0.25) is 5.95 Å². The first-order valence-electron chi connectivity index (χ1n) is 7.13. The van der Waals surface area contributed by atoms with Gasteiger partial charge < -0.3 is 14.8 Å². The summed E-state index contributed by atoms with van der Waals surface area (Å²) in [6, 6.07) is 8.93. The largest absolute Gasteiger partial charge is 0.348 e. The smallest absolute Gasteiger partial charge is 0.204 e. The van der Waals surface area contributed by atoms with Crippen molar-refractivity contribution in [3.05, 3.63) is 46.2 Å². The van der Waals surface area contributed by atoms with Gasteiger partial charge in [0.15, 0.2) is 0 Å². The fourth-order valence-corrected chi connectivity index (χ4v) is 2.60. The fraction of sp³-hybridized carbons (Fsp3) is 0.438. The van der Waals surface area contributed by atoms with Gasteiger partial charge in [-0.3, -0.25) is 0 Å². The number of imidazole rings is 1. The topological polar surface area (TPSA) is 33.1 Å². The Kier molecular flexibility index (Phi) is 5.42. The van der Waals surface area contributed by atoms with Crippen LogP contribution in [0.5, 0.6) is 0 Å². The molecule has 0 saturated carbocycles. The Hall–Kier alpha value is -1.33.